The van der Waals surface area contributed by atoms with Crippen molar-refractivity contribution in [3.8, 4) is 11.5 Å². The fraction of sp³-hybridized carbons (Fsp3) is 0.294. The number of hydrogen-bond acceptors (Lipinski definition) is 5. The van der Waals surface area contributed by atoms with Crippen LogP contribution in [0.15, 0.2) is 22.6 Å². The number of nitrogens with zero attached hydrogens (tertiary/aromatic N) is 2. The van der Waals surface area contributed by atoms with Crippen LogP contribution in [0.4, 0.5) is 0 Å². The van der Waals surface area contributed by atoms with Gasteiger partial charge in [-0.2, -0.15) is 0 Å². The predicted octanol–water partition coefficient (Wildman–Crippen LogP) is 3.01. The van der Waals surface area contributed by atoms with Crippen molar-refractivity contribution in [1.82, 2.24) is 9.78 Å². The second kappa shape index (κ2) is 5.92. The Balaban J connectivity index is 1.99. The highest BCUT2D eigenvalue weighted by atomic mass is 16.5. The minimum atomic E-state index is -1.09. The summed E-state index contributed by atoms with van der Waals surface area (Å²) in [6, 6.07) is 5.65. The van der Waals surface area contributed by atoms with Gasteiger partial charge in [-0.05, 0) is 31.5 Å². The van der Waals surface area contributed by atoms with E-state index >= 15 is 0 Å². The molecule has 0 atom stereocenters. The van der Waals surface area contributed by atoms with Gasteiger partial charge < -0.3 is 19.0 Å². The maximum absolute atomic E-state index is 11.2. The van der Waals surface area contributed by atoms with E-state index in [1.807, 2.05) is 25.1 Å². The summed E-state index contributed by atoms with van der Waals surface area (Å²) in [5.74, 6) is 0.159. The number of aryl methyl sites for hydroxylation is 2. The summed E-state index contributed by atoms with van der Waals surface area (Å²) >= 11 is 0. The fourth-order valence-electron chi connectivity index (χ4n) is 2.82. The molecule has 0 spiro atoms. The Morgan fingerprint density at radius 2 is 1.96 bits per heavy atom. The molecular weight excluding hydrogens is 312 g/mol. The van der Waals surface area contributed by atoms with Crippen molar-refractivity contribution in [2.45, 2.75) is 20.4 Å². The first-order chi connectivity index (χ1) is 11.5. The van der Waals surface area contributed by atoms with Crippen LogP contribution in [0.25, 0.3) is 11.1 Å². The number of carbonyl (C=O) groups is 1. The number of fused-ring (bicyclic) bond motifs is 1. The van der Waals surface area contributed by atoms with E-state index in [2.05, 4.69) is 5.10 Å². The second-order valence-electron chi connectivity index (χ2n) is 5.47. The Bertz CT molecular complexity index is 923. The molecule has 0 saturated heterocycles. The van der Waals surface area contributed by atoms with Gasteiger partial charge in [-0.1, -0.05) is 6.07 Å². The molecular formula is C17H18N2O5. The third-order valence-electron chi connectivity index (χ3n) is 4.06. The number of carboxylic acids is 1. The normalized spacial score (nSPS) is 11.0. The molecule has 24 heavy (non-hydrogen) atoms. The van der Waals surface area contributed by atoms with Crippen LogP contribution in [0.5, 0.6) is 11.5 Å². The van der Waals surface area contributed by atoms with Gasteiger partial charge in [0.2, 0.25) is 11.5 Å². The van der Waals surface area contributed by atoms with Crippen LogP contribution in [0.2, 0.25) is 0 Å². The highest BCUT2D eigenvalue weighted by molar-refractivity contribution is 5.94. The molecule has 0 aliphatic carbocycles. The van der Waals surface area contributed by atoms with Crippen molar-refractivity contribution in [2.75, 3.05) is 14.2 Å². The van der Waals surface area contributed by atoms with Crippen molar-refractivity contribution in [2.24, 2.45) is 0 Å². The number of furan rings is 1. The van der Waals surface area contributed by atoms with Crippen molar-refractivity contribution >= 4 is 17.1 Å². The molecule has 0 saturated carbocycles. The molecule has 0 aliphatic heterocycles. The number of ether oxygens (including phenoxy) is 2. The maximum atomic E-state index is 11.2. The quantitative estimate of drug-likeness (QED) is 0.774. The van der Waals surface area contributed by atoms with E-state index in [0.29, 0.717) is 29.3 Å². The average molecular weight is 330 g/mol. The molecule has 0 aliphatic rings. The lowest BCUT2D eigenvalue weighted by atomic mass is 10.1. The highest BCUT2D eigenvalue weighted by Crippen LogP contribution is 2.30. The Hall–Kier alpha value is -2.96. The zero-order valence-electron chi connectivity index (χ0n) is 13.9. The monoisotopic (exact) mass is 330 g/mol. The molecule has 3 rings (SSSR count). The van der Waals surface area contributed by atoms with E-state index in [1.54, 1.807) is 25.8 Å². The van der Waals surface area contributed by atoms with E-state index in [0.717, 1.165) is 16.6 Å². The number of methoxy groups -OCH3 is 2. The van der Waals surface area contributed by atoms with Gasteiger partial charge in [0.05, 0.1) is 26.2 Å². The number of carboxylic acid groups (broad SMARTS) is 1. The summed E-state index contributed by atoms with van der Waals surface area (Å²) in [7, 11) is 3.18. The zero-order valence-corrected chi connectivity index (χ0v) is 13.9. The lowest BCUT2D eigenvalue weighted by molar-refractivity contribution is 0.0663. The Labute approximate surface area is 138 Å². The zero-order chi connectivity index (χ0) is 17.4. The molecule has 7 nitrogen and oxygen atoms in total. The van der Waals surface area contributed by atoms with Gasteiger partial charge in [0.15, 0.2) is 11.5 Å². The van der Waals surface area contributed by atoms with Crippen LogP contribution in [0, 0.1) is 13.8 Å². The van der Waals surface area contributed by atoms with Crippen molar-refractivity contribution < 1.29 is 23.8 Å². The molecule has 0 amide bonds. The van der Waals surface area contributed by atoms with Gasteiger partial charge in [-0.3, -0.25) is 4.68 Å². The molecule has 2 heterocycles. The number of aromatic carboxylic acids is 1. The second-order valence-corrected chi connectivity index (χ2v) is 5.47. The lowest BCUT2D eigenvalue weighted by Crippen LogP contribution is -2.05. The van der Waals surface area contributed by atoms with Crippen LogP contribution < -0.4 is 9.47 Å². The van der Waals surface area contributed by atoms with Gasteiger partial charge in [0.25, 0.3) is 0 Å². The lowest BCUT2D eigenvalue weighted by Gasteiger charge is -2.10. The standard InChI is InChI=1S/C17H18N2O5/c1-9-14-10(2)19(18-16(14)24-15(9)17(20)21)8-11-5-6-12(22-3)13(7-11)23-4/h5-7H,8H2,1-4H3,(H,20,21). The van der Waals surface area contributed by atoms with E-state index in [-0.39, 0.29) is 5.76 Å². The first kappa shape index (κ1) is 15.9. The molecule has 0 unspecified atom stereocenters. The largest absolute Gasteiger partial charge is 0.493 e. The number of rotatable bonds is 5. The number of benzene rings is 1. The van der Waals surface area contributed by atoms with Gasteiger partial charge >= 0.3 is 5.97 Å². The van der Waals surface area contributed by atoms with Crippen LogP contribution in [-0.4, -0.2) is 35.1 Å². The van der Waals surface area contributed by atoms with Crippen LogP contribution >= 0.6 is 0 Å². The minimum absolute atomic E-state index is 0.0612. The molecule has 1 aromatic carbocycles. The van der Waals surface area contributed by atoms with E-state index in [9.17, 15) is 4.79 Å². The average Bonchev–Trinajstić information content (AvgIpc) is 3.05. The first-order valence-electron chi connectivity index (χ1n) is 7.37. The topological polar surface area (TPSA) is 86.7 Å². The van der Waals surface area contributed by atoms with Gasteiger partial charge in [-0.15, -0.1) is 5.10 Å². The summed E-state index contributed by atoms with van der Waals surface area (Å²) in [6.07, 6.45) is 0. The van der Waals surface area contributed by atoms with Crippen LogP contribution in [0.1, 0.15) is 27.4 Å². The summed E-state index contributed by atoms with van der Waals surface area (Å²) in [6.45, 7) is 4.13. The molecule has 0 bridgehead atoms. The first-order valence-corrected chi connectivity index (χ1v) is 7.37. The molecule has 0 radical (unpaired) electrons. The number of aromatic nitrogens is 2. The summed E-state index contributed by atoms with van der Waals surface area (Å²) in [4.78, 5) is 11.2. The molecule has 7 heteroatoms. The number of hydrogen-bond donors (Lipinski definition) is 1. The maximum Gasteiger partial charge on any atom is 0.372 e. The third-order valence-corrected chi connectivity index (χ3v) is 4.06. The summed E-state index contributed by atoms with van der Waals surface area (Å²) in [5, 5.41) is 14.3. The third kappa shape index (κ3) is 2.47. The van der Waals surface area contributed by atoms with Crippen molar-refractivity contribution in [1.29, 1.82) is 0 Å². The van der Waals surface area contributed by atoms with Gasteiger partial charge in [0, 0.05) is 11.3 Å². The molecule has 1 N–H and O–H groups in total. The minimum Gasteiger partial charge on any atom is -0.493 e. The molecule has 126 valence electrons. The summed E-state index contributed by atoms with van der Waals surface area (Å²) in [5.41, 5.74) is 2.77. The SMILES string of the molecule is COc1ccc(Cn2nc3oc(C(=O)O)c(C)c3c2C)cc1OC. The van der Waals surface area contributed by atoms with E-state index in [4.69, 9.17) is 19.0 Å². The Morgan fingerprint density at radius 1 is 1.25 bits per heavy atom. The van der Waals surface area contributed by atoms with E-state index < -0.39 is 5.97 Å². The predicted molar refractivity (Wildman–Crippen MR) is 87.1 cm³/mol. The summed E-state index contributed by atoms with van der Waals surface area (Å²) < 4.78 is 17.7. The molecule has 3 aromatic rings. The van der Waals surface area contributed by atoms with Crippen LogP contribution in [0.3, 0.4) is 0 Å². The van der Waals surface area contributed by atoms with Crippen molar-refractivity contribution in [3.05, 3.63) is 40.8 Å². The highest BCUT2D eigenvalue weighted by Gasteiger charge is 2.22. The van der Waals surface area contributed by atoms with Gasteiger partial charge in [-0.25, -0.2) is 4.79 Å². The molecule has 2 aromatic heterocycles. The molecule has 0 fully saturated rings. The van der Waals surface area contributed by atoms with Crippen molar-refractivity contribution in [3.63, 3.8) is 0 Å². The van der Waals surface area contributed by atoms with E-state index in [1.165, 1.54) is 0 Å². The smallest absolute Gasteiger partial charge is 0.372 e. The fourth-order valence-corrected chi connectivity index (χ4v) is 2.82. The Kier molecular flexibility index (Phi) is 3.92. The van der Waals surface area contributed by atoms with Gasteiger partial charge in [0.1, 0.15) is 0 Å². The van der Waals surface area contributed by atoms with Crippen LogP contribution in [-0.2, 0) is 6.54 Å². The Morgan fingerprint density at radius 3 is 2.54 bits per heavy atom.